The van der Waals surface area contributed by atoms with Crippen molar-refractivity contribution in [2.75, 3.05) is 17.6 Å². The van der Waals surface area contributed by atoms with Crippen LogP contribution in [0.2, 0.25) is 0 Å². The molecule has 0 unspecified atom stereocenters. The lowest BCUT2D eigenvalue weighted by molar-refractivity contribution is 0.986. The van der Waals surface area contributed by atoms with Crippen molar-refractivity contribution in [3.63, 3.8) is 0 Å². The molecule has 0 aromatic carbocycles. The highest BCUT2D eigenvalue weighted by atomic mass is 32.1. The summed E-state index contributed by atoms with van der Waals surface area (Å²) in [4.78, 5) is 8.27. The van der Waals surface area contributed by atoms with Gasteiger partial charge in [0.1, 0.15) is 11.9 Å². The van der Waals surface area contributed by atoms with E-state index in [4.69, 9.17) is 11.0 Å². The monoisotopic (exact) mass is 245 g/mol. The standard InChI is InChI=1S/C11H11N5S/c12-6-8-5-9(13)7-16-11(8)15-2-1-10-14-3-4-17-10/h3-5,7H,1-2,13H2,(H,15,16). The molecule has 5 nitrogen and oxygen atoms in total. The number of anilines is 2. The van der Waals surface area contributed by atoms with Gasteiger partial charge < -0.3 is 11.1 Å². The second-order valence-electron chi connectivity index (χ2n) is 3.38. The van der Waals surface area contributed by atoms with Crippen molar-refractivity contribution >= 4 is 22.8 Å². The summed E-state index contributed by atoms with van der Waals surface area (Å²) in [5.74, 6) is 0.568. The number of hydrogen-bond donors (Lipinski definition) is 2. The number of nitriles is 1. The Balaban J connectivity index is 1.97. The van der Waals surface area contributed by atoms with Crippen molar-refractivity contribution in [3.8, 4) is 6.07 Å². The van der Waals surface area contributed by atoms with E-state index in [1.807, 2.05) is 5.38 Å². The third-order valence-electron chi connectivity index (χ3n) is 2.14. The highest BCUT2D eigenvalue weighted by Crippen LogP contribution is 2.14. The third-order valence-corrected chi connectivity index (χ3v) is 2.98. The highest BCUT2D eigenvalue weighted by Gasteiger charge is 2.03. The lowest BCUT2D eigenvalue weighted by atomic mass is 10.2. The van der Waals surface area contributed by atoms with E-state index in [0.29, 0.717) is 23.6 Å². The summed E-state index contributed by atoms with van der Waals surface area (Å²) in [5, 5.41) is 15.0. The van der Waals surface area contributed by atoms with Crippen molar-refractivity contribution in [2.24, 2.45) is 0 Å². The molecule has 0 aliphatic rings. The van der Waals surface area contributed by atoms with Crippen LogP contribution in [0.5, 0.6) is 0 Å². The number of nitrogens with zero attached hydrogens (tertiary/aromatic N) is 3. The van der Waals surface area contributed by atoms with Crippen molar-refractivity contribution < 1.29 is 0 Å². The molecule has 0 bridgehead atoms. The van der Waals surface area contributed by atoms with E-state index in [2.05, 4.69) is 21.4 Å². The number of thiazole rings is 1. The largest absolute Gasteiger partial charge is 0.397 e. The fourth-order valence-corrected chi connectivity index (χ4v) is 1.99. The average molecular weight is 245 g/mol. The van der Waals surface area contributed by atoms with Crippen molar-refractivity contribution in [2.45, 2.75) is 6.42 Å². The maximum Gasteiger partial charge on any atom is 0.144 e. The van der Waals surface area contributed by atoms with Crippen LogP contribution in [-0.2, 0) is 6.42 Å². The predicted octanol–water partition coefficient (Wildman–Crippen LogP) is 1.65. The van der Waals surface area contributed by atoms with Gasteiger partial charge in [-0.1, -0.05) is 0 Å². The molecule has 0 spiro atoms. The summed E-state index contributed by atoms with van der Waals surface area (Å²) in [6, 6.07) is 3.67. The van der Waals surface area contributed by atoms with Crippen LogP contribution in [0.15, 0.2) is 23.8 Å². The Morgan fingerprint density at radius 2 is 2.35 bits per heavy atom. The smallest absolute Gasteiger partial charge is 0.144 e. The van der Waals surface area contributed by atoms with Gasteiger partial charge in [0.15, 0.2) is 0 Å². The zero-order valence-electron chi connectivity index (χ0n) is 9.05. The van der Waals surface area contributed by atoms with Crippen LogP contribution in [0.3, 0.4) is 0 Å². The molecule has 3 N–H and O–H groups in total. The van der Waals surface area contributed by atoms with Gasteiger partial charge >= 0.3 is 0 Å². The molecular formula is C11H11N5S. The second kappa shape index (κ2) is 5.27. The number of nitrogen functional groups attached to an aromatic ring is 1. The van der Waals surface area contributed by atoms with Crippen LogP contribution in [-0.4, -0.2) is 16.5 Å². The number of pyridine rings is 1. The summed E-state index contributed by atoms with van der Waals surface area (Å²) in [7, 11) is 0. The van der Waals surface area contributed by atoms with Gasteiger partial charge in [-0.15, -0.1) is 11.3 Å². The van der Waals surface area contributed by atoms with E-state index in [0.717, 1.165) is 11.4 Å². The van der Waals surface area contributed by atoms with Crippen LogP contribution in [0.25, 0.3) is 0 Å². The van der Waals surface area contributed by atoms with E-state index in [1.165, 1.54) is 6.20 Å². The van der Waals surface area contributed by atoms with E-state index >= 15 is 0 Å². The number of nitrogens with one attached hydrogen (secondary N) is 1. The fourth-order valence-electron chi connectivity index (χ4n) is 1.37. The molecule has 17 heavy (non-hydrogen) atoms. The highest BCUT2D eigenvalue weighted by molar-refractivity contribution is 7.09. The quantitative estimate of drug-likeness (QED) is 0.855. The molecule has 0 fully saturated rings. The van der Waals surface area contributed by atoms with Gasteiger partial charge in [-0.2, -0.15) is 5.26 Å². The summed E-state index contributed by atoms with van der Waals surface area (Å²) in [6.07, 6.45) is 4.13. The maximum absolute atomic E-state index is 8.93. The molecule has 0 aliphatic carbocycles. The minimum atomic E-state index is 0.462. The lowest BCUT2D eigenvalue weighted by Crippen LogP contribution is -2.08. The van der Waals surface area contributed by atoms with Crippen molar-refractivity contribution in [3.05, 3.63) is 34.4 Å². The average Bonchev–Trinajstić information content (AvgIpc) is 2.84. The van der Waals surface area contributed by atoms with Crippen molar-refractivity contribution in [1.29, 1.82) is 5.26 Å². The number of aromatic nitrogens is 2. The van der Waals surface area contributed by atoms with Gasteiger partial charge in [0.25, 0.3) is 0 Å². The van der Waals surface area contributed by atoms with Gasteiger partial charge in [0.2, 0.25) is 0 Å². The van der Waals surface area contributed by atoms with E-state index in [-0.39, 0.29) is 0 Å². The number of nitrogens with two attached hydrogens (primary N) is 1. The van der Waals surface area contributed by atoms with E-state index in [9.17, 15) is 0 Å². The van der Waals surface area contributed by atoms with E-state index < -0.39 is 0 Å². The summed E-state index contributed by atoms with van der Waals surface area (Å²) in [5.41, 5.74) is 6.51. The van der Waals surface area contributed by atoms with Gasteiger partial charge in [-0.25, -0.2) is 9.97 Å². The number of rotatable bonds is 4. The Bertz CT molecular complexity index is 529. The zero-order chi connectivity index (χ0) is 12.1. The molecule has 0 atom stereocenters. The molecule has 2 aromatic heterocycles. The van der Waals surface area contributed by atoms with Crippen molar-refractivity contribution in [1.82, 2.24) is 9.97 Å². The Morgan fingerprint density at radius 3 is 3.06 bits per heavy atom. The second-order valence-corrected chi connectivity index (χ2v) is 4.36. The van der Waals surface area contributed by atoms with Gasteiger partial charge in [0, 0.05) is 24.5 Å². The van der Waals surface area contributed by atoms with Crippen LogP contribution in [0, 0.1) is 11.3 Å². The maximum atomic E-state index is 8.93. The summed E-state index contributed by atoms with van der Waals surface area (Å²) in [6.45, 7) is 0.694. The van der Waals surface area contributed by atoms with Gasteiger partial charge in [-0.3, -0.25) is 0 Å². The first-order valence-corrected chi connectivity index (χ1v) is 5.95. The molecule has 2 rings (SSSR count). The lowest BCUT2D eigenvalue weighted by Gasteiger charge is -2.06. The molecule has 2 aromatic rings. The fraction of sp³-hybridized carbons (Fsp3) is 0.182. The summed E-state index contributed by atoms with van der Waals surface area (Å²) < 4.78 is 0. The first kappa shape index (κ1) is 11.4. The zero-order valence-corrected chi connectivity index (χ0v) is 9.87. The third kappa shape index (κ3) is 2.92. The topological polar surface area (TPSA) is 87.6 Å². The van der Waals surface area contributed by atoms with Crippen LogP contribution >= 0.6 is 11.3 Å². The molecule has 86 valence electrons. The minimum Gasteiger partial charge on any atom is -0.397 e. The summed E-state index contributed by atoms with van der Waals surface area (Å²) >= 11 is 1.61. The Kier molecular flexibility index (Phi) is 3.52. The van der Waals surface area contributed by atoms with Gasteiger partial charge in [-0.05, 0) is 6.07 Å². The molecule has 0 saturated heterocycles. The Morgan fingerprint density at radius 1 is 1.47 bits per heavy atom. The van der Waals surface area contributed by atoms with Crippen LogP contribution in [0.1, 0.15) is 10.6 Å². The predicted molar refractivity (Wildman–Crippen MR) is 67.7 cm³/mol. The van der Waals surface area contributed by atoms with Crippen LogP contribution in [0.4, 0.5) is 11.5 Å². The SMILES string of the molecule is N#Cc1cc(N)cnc1NCCc1nccs1. The molecule has 2 heterocycles. The first-order chi connectivity index (χ1) is 8.29. The van der Waals surface area contributed by atoms with E-state index in [1.54, 1.807) is 23.6 Å². The minimum absolute atomic E-state index is 0.462. The molecule has 6 heteroatoms. The van der Waals surface area contributed by atoms with Gasteiger partial charge in [0.05, 0.1) is 22.5 Å². The molecule has 0 saturated carbocycles. The normalized spacial score (nSPS) is 9.82. The van der Waals surface area contributed by atoms with Crippen LogP contribution < -0.4 is 11.1 Å². The molecular weight excluding hydrogens is 234 g/mol. The molecule has 0 radical (unpaired) electrons. The first-order valence-electron chi connectivity index (χ1n) is 5.07. The Hall–Kier alpha value is -2.13. The molecule has 0 amide bonds. The molecule has 0 aliphatic heterocycles. The Labute approximate surface area is 103 Å². The number of hydrogen-bond acceptors (Lipinski definition) is 6.